The van der Waals surface area contributed by atoms with Crippen LogP contribution in [0.25, 0.3) is 21.3 Å². The van der Waals surface area contributed by atoms with E-state index in [0.717, 1.165) is 11.1 Å². The summed E-state index contributed by atoms with van der Waals surface area (Å²) in [6.07, 6.45) is 1.46. The number of rotatable bonds is 5. The summed E-state index contributed by atoms with van der Waals surface area (Å²) in [7, 11) is 0. The van der Waals surface area contributed by atoms with Crippen molar-refractivity contribution >= 4 is 33.4 Å². The van der Waals surface area contributed by atoms with Crippen LogP contribution in [0.1, 0.15) is 20.8 Å². The third-order valence-electron chi connectivity index (χ3n) is 5.56. The number of carbonyl (C=O) groups excluding carboxylic acids is 2. The normalized spacial score (nSPS) is 15.1. The van der Waals surface area contributed by atoms with Crippen molar-refractivity contribution in [2.75, 3.05) is 32.7 Å². The van der Waals surface area contributed by atoms with Crippen LogP contribution in [0.4, 0.5) is 0 Å². The number of benzene rings is 1. The van der Waals surface area contributed by atoms with Crippen molar-refractivity contribution in [3.63, 3.8) is 0 Å². The smallest absolute Gasteiger partial charge is 0.263 e. The van der Waals surface area contributed by atoms with Crippen molar-refractivity contribution in [1.29, 1.82) is 0 Å². The minimum absolute atomic E-state index is 0.0156. The van der Waals surface area contributed by atoms with Gasteiger partial charge >= 0.3 is 0 Å². The first-order valence-electron chi connectivity index (χ1n) is 11.0. The number of amides is 2. The molecule has 0 unspecified atom stereocenters. The highest BCUT2D eigenvalue weighted by atomic mass is 32.1. The Labute approximate surface area is 196 Å². The molecule has 9 heteroatoms. The maximum absolute atomic E-state index is 13.2. The van der Waals surface area contributed by atoms with Crippen LogP contribution in [-0.4, -0.2) is 69.4 Å². The molecule has 0 atom stereocenters. The number of piperazine rings is 1. The van der Waals surface area contributed by atoms with Crippen molar-refractivity contribution in [2.45, 2.75) is 32.9 Å². The van der Waals surface area contributed by atoms with Gasteiger partial charge in [0.25, 0.3) is 5.56 Å². The molecule has 0 aliphatic carbocycles. The van der Waals surface area contributed by atoms with Crippen LogP contribution in [0.2, 0.25) is 0 Å². The predicted molar refractivity (Wildman–Crippen MR) is 130 cm³/mol. The van der Waals surface area contributed by atoms with Crippen LogP contribution < -0.4 is 10.9 Å². The van der Waals surface area contributed by atoms with Crippen LogP contribution in [-0.2, 0) is 16.1 Å². The first-order valence-corrected chi connectivity index (χ1v) is 11.9. The molecule has 3 aromatic rings. The van der Waals surface area contributed by atoms with E-state index in [2.05, 4.69) is 10.3 Å². The fraction of sp³-hybridized carbons (Fsp3) is 0.417. The topological polar surface area (TPSA) is 87.5 Å². The number of hydrogen-bond acceptors (Lipinski definition) is 6. The maximum Gasteiger partial charge on any atom is 0.263 e. The number of thiophene rings is 1. The molecule has 0 bridgehead atoms. The standard InChI is InChI=1S/C24H29N5O3S/c1-24(2,3)26-19(30)13-27-9-11-28(12-10-27)20(31)14-29-16-25-22-21(23(29)32)18(15-33-22)17-7-5-4-6-8-17/h4-8,15-16H,9-14H2,1-3H3,(H,26,30). The van der Waals surface area contributed by atoms with Gasteiger partial charge < -0.3 is 10.2 Å². The first-order chi connectivity index (χ1) is 15.7. The third-order valence-corrected chi connectivity index (χ3v) is 6.44. The second-order valence-electron chi connectivity index (χ2n) is 9.33. The van der Waals surface area contributed by atoms with Crippen molar-refractivity contribution in [1.82, 2.24) is 24.7 Å². The molecule has 1 aliphatic rings. The van der Waals surface area contributed by atoms with E-state index in [1.54, 1.807) is 4.90 Å². The van der Waals surface area contributed by atoms with E-state index >= 15 is 0 Å². The largest absolute Gasteiger partial charge is 0.350 e. The summed E-state index contributed by atoms with van der Waals surface area (Å²) in [6, 6.07) is 9.73. The number of fused-ring (bicyclic) bond motifs is 1. The maximum atomic E-state index is 13.2. The second kappa shape index (κ2) is 9.44. The van der Waals surface area contributed by atoms with Crippen molar-refractivity contribution in [3.05, 3.63) is 52.4 Å². The van der Waals surface area contributed by atoms with Crippen LogP contribution in [0, 0.1) is 0 Å². The van der Waals surface area contributed by atoms with Crippen molar-refractivity contribution in [3.8, 4) is 11.1 Å². The van der Waals surface area contributed by atoms with Gasteiger partial charge in [-0.15, -0.1) is 11.3 Å². The molecule has 1 aliphatic heterocycles. The summed E-state index contributed by atoms with van der Waals surface area (Å²) >= 11 is 1.43. The quantitative estimate of drug-likeness (QED) is 0.622. The van der Waals surface area contributed by atoms with Gasteiger partial charge in [-0.25, -0.2) is 4.98 Å². The van der Waals surface area contributed by atoms with Gasteiger partial charge in [0.05, 0.1) is 18.3 Å². The lowest BCUT2D eigenvalue weighted by atomic mass is 10.1. The van der Waals surface area contributed by atoms with E-state index in [9.17, 15) is 14.4 Å². The highest BCUT2D eigenvalue weighted by molar-refractivity contribution is 7.17. The molecule has 0 saturated carbocycles. The highest BCUT2D eigenvalue weighted by Gasteiger charge is 2.24. The van der Waals surface area contributed by atoms with Crippen LogP contribution >= 0.6 is 11.3 Å². The molecular weight excluding hydrogens is 438 g/mol. The number of aromatic nitrogens is 2. The Morgan fingerprint density at radius 3 is 2.42 bits per heavy atom. The van der Waals surface area contributed by atoms with Gasteiger partial charge in [0.1, 0.15) is 11.4 Å². The summed E-state index contributed by atoms with van der Waals surface area (Å²) in [5.41, 5.74) is 1.33. The molecule has 8 nitrogen and oxygen atoms in total. The van der Waals surface area contributed by atoms with E-state index in [1.807, 2.05) is 61.4 Å². The van der Waals surface area contributed by atoms with Gasteiger partial charge in [0.2, 0.25) is 11.8 Å². The molecule has 1 fully saturated rings. The summed E-state index contributed by atoms with van der Waals surface area (Å²) in [5.74, 6) is -0.133. The number of nitrogens with one attached hydrogen (secondary N) is 1. The molecule has 33 heavy (non-hydrogen) atoms. The van der Waals surface area contributed by atoms with Crippen LogP contribution in [0.3, 0.4) is 0 Å². The zero-order valence-corrected chi connectivity index (χ0v) is 20.0. The fourth-order valence-corrected chi connectivity index (χ4v) is 4.88. The predicted octanol–water partition coefficient (Wildman–Crippen LogP) is 2.18. The lowest BCUT2D eigenvalue weighted by Gasteiger charge is -2.35. The molecule has 2 amide bonds. The Morgan fingerprint density at radius 1 is 1.06 bits per heavy atom. The molecule has 2 aromatic heterocycles. The molecular formula is C24H29N5O3S. The van der Waals surface area contributed by atoms with Crippen LogP contribution in [0.15, 0.2) is 46.8 Å². The van der Waals surface area contributed by atoms with E-state index in [0.29, 0.717) is 42.9 Å². The molecule has 1 N–H and O–H groups in total. The number of nitrogens with zero attached hydrogens (tertiary/aromatic N) is 4. The van der Waals surface area contributed by atoms with Gasteiger partial charge in [-0.1, -0.05) is 30.3 Å². The molecule has 0 radical (unpaired) electrons. The Balaban J connectivity index is 1.41. The van der Waals surface area contributed by atoms with E-state index in [1.165, 1.54) is 22.2 Å². The second-order valence-corrected chi connectivity index (χ2v) is 10.2. The molecule has 1 aromatic carbocycles. The Bertz CT molecular complexity index is 1200. The van der Waals surface area contributed by atoms with Gasteiger partial charge in [0, 0.05) is 42.7 Å². The number of hydrogen-bond donors (Lipinski definition) is 1. The SMILES string of the molecule is CC(C)(C)NC(=O)CN1CCN(C(=O)Cn2cnc3scc(-c4ccccc4)c3c2=O)CC1. The summed E-state index contributed by atoms with van der Waals surface area (Å²) in [6.45, 7) is 8.43. The van der Waals surface area contributed by atoms with E-state index in [-0.39, 0.29) is 29.5 Å². The molecule has 4 rings (SSSR count). The number of carbonyl (C=O) groups is 2. The van der Waals surface area contributed by atoms with Gasteiger partial charge in [-0.3, -0.25) is 23.9 Å². The van der Waals surface area contributed by atoms with Gasteiger partial charge in [-0.2, -0.15) is 0 Å². The molecule has 3 heterocycles. The van der Waals surface area contributed by atoms with Gasteiger partial charge in [0.15, 0.2) is 0 Å². The Hall–Kier alpha value is -3.04. The molecule has 174 valence electrons. The minimum atomic E-state index is -0.264. The summed E-state index contributed by atoms with van der Waals surface area (Å²) in [5, 5.41) is 5.45. The molecule has 0 spiro atoms. The average Bonchev–Trinajstić information content (AvgIpc) is 3.20. The highest BCUT2D eigenvalue weighted by Crippen LogP contribution is 2.30. The molecule has 1 saturated heterocycles. The zero-order valence-electron chi connectivity index (χ0n) is 19.2. The Kier molecular flexibility index (Phi) is 6.62. The van der Waals surface area contributed by atoms with E-state index in [4.69, 9.17) is 0 Å². The van der Waals surface area contributed by atoms with Crippen molar-refractivity contribution < 1.29 is 9.59 Å². The summed E-state index contributed by atoms with van der Waals surface area (Å²) in [4.78, 5) is 47.1. The Morgan fingerprint density at radius 2 is 1.76 bits per heavy atom. The van der Waals surface area contributed by atoms with E-state index < -0.39 is 0 Å². The lowest BCUT2D eigenvalue weighted by Crippen LogP contribution is -2.53. The van der Waals surface area contributed by atoms with Crippen LogP contribution in [0.5, 0.6) is 0 Å². The summed E-state index contributed by atoms with van der Waals surface area (Å²) < 4.78 is 1.40. The fourth-order valence-electron chi connectivity index (χ4n) is 3.97. The van der Waals surface area contributed by atoms with Gasteiger partial charge in [-0.05, 0) is 26.3 Å². The monoisotopic (exact) mass is 467 g/mol. The lowest BCUT2D eigenvalue weighted by molar-refractivity contribution is -0.134. The van der Waals surface area contributed by atoms with Crippen molar-refractivity contribution in [2.24, 2.45) is 0 Å². The minimum Gasteiger partial charge on any atom is -0.350 e. The zero-order chi connectivity index (χ0) is 23.6. The average molecular weight is 468 g/mol. The first kappa shape index (κ1) is 23.1. The third kappa shape index (κ3) is 5.48.